The number of carboxylic acids is 1. The Balaban J connectivity index is 2.70. The number of anilines is 1. The Bertz CT molecular complexity index is 650. The molecule has 0 radical (unpaired) electrons. The molecule has 4 heteroatoms. The van der Waals surface area contributed by atoms with Crippen molar-refractivity contribution in [2.45, 2.75) is 32.7 Å². The minimum atomic E-state index is -1.00. The lowest BCUT2D eigenvalue weighted by atomic mass is 9.99. The number of fused-ring (bicyclic) bond motifs is 1. The van der Waals surface area contributed by atoms with Gasteiger partial charge in [-0.15, -0.1) is 0 Å². The van der Waals surface area contributed by atoms with Crippen LogP contribution in [0.4, 0.5) is 5.82 Å². The molecular formula is C16H20N2O2. The first-order valence-corrected chi connectivity index (χ1v) is 6.73. The first kappa shape index (κ1) is 14.3. The maximum absolute atomic E-state index is 11.3. The summed E-state index contributed by atoms with van der Waals surface area (Å²) in [5.74, 6) is -0.285. The van der Waals surface area contributed by atoms with Crippen molar-refractivity contribution in [3.63, 3.8) is 0 Å². The number of aromatic nitrogens is 1. The highest BCUT2D eigenvalue weighted by atomic mass is 16.4. The fraction of sp³-hybridized carbons (Fsp3) is 0.375. The zero-order valence-electron chi connectivity index (χ0n) is 12.3. The van der Waals surface area contributed by atoms with Crippen LogP contribution in [-0.2, 0) is 0 Å². The highest BCUT2D eigenvalue weighted by Gasteiger charge is 2.25. The fourth-order valence-electron chi connectivity index (χ4n) is 2.07. The first-order chi connectivity index (χ1) is 9.36. The summed E-state index contributed by atoms with van der Waals surface area (Å²) in [6.07, 6.45) is 0.941. The summed E-state index contributed by atoms with van der Waals surface area (Å²) in [6, 6.07) is 9.36. The second kappa shape index (κ2) is 5.12. The molecule has 106 valence electrons. The Morgan fingerprint density at radius 3 is 2.60 bits per heavy atom. The molecule has 0 saturated carbocycles. The van der Waals surface area contributed by atoms with Crippen LogP contribution in [0, 0.1) is 0 Å². The van der Waals surface area contributed by atoms with E-state index in [0.717, 1.165) is 17.2 Å². The smallest absolute Gasteiger partial charge is 0.354 e. The Labute approximate surface area is 119 Å². The van der Waals surface area contributed by atoms with Gasteiger partial charge in [-0.3, -0.25) is 0 Å². The van der Waals surface area contributed by atoms with Crippen molar-refractivity contribution in [3.05, 3.63) is 36.0 Å². The van der Waals surface area contributed by atoms with Gasteiger partial charge in [-0.1, -0.05) is 31.2 Å². The van der Waals surface area contributed by atoms with E-state index in [4.69, 9.17) is 0 Å². The van der Waals surface area contributed by atoms with E-state index >= 15 is 0 Å². The average molecular weight is 272 g/mol. The number of hydrogen-bond acceptors (Lipinski definition) is 3. The van der Waals surface area contributed by atoms with E-state index in [2.05, 4.69) is 30.7 Å². The number of aromatic carboxylic acids is 1. The van der Waals surface area contributed by atoms with E-state index in [1.165, 1.54) is 0 Å². The molecule has 0 saturated heterocycles. The van der Waals surface area contributed by atoms with Gasteiger partial charge >= 0.3 is 5.97 Å². The molecule has 4 nitrogen and oxygen atoms in total. The normalized spacial score (nSPS) is 11.6. The highest BCUT2D eigenvalue weighted by molar-refractivity contribution is 5.98. The topological polar surface area (TPSA) is 53.4 Å². The fourth-order valence-corrected chi connectivity index (χ4v) is 2.07. The van der Waals surface area contributed by atoms with Gasteiger partial charge in [-0.05, 0) is 31.7 Å². The van der Waals surface area contributed by atoms with Crippen LogP contribution in [0.5, 0.6) is 0 Å². The highest BCUT2D eigenvalue weighted by Crippen LogP contribution is 2.30. The maximum atomic E-state index is 11.3. The molecule has 0 amide bonds. The molecule has 20 heavy (non-hydrogen) atoms. The molecular weight excluding hydrogens is 252 g/mol. The molecule has 0 bridgehead atoms. The van der Waals surface area contributed by atoms with E-state index in [-0.39, 0.29) is 11.2 Å². The predicted molar refractivity (Wildman–Crippen MR) is 81.5 cm³/mol. The number of carbonyl (C=O) groups is 1. The van der Waals surface area contributed by atoms with Crippen molar-refractivity contribution in [2.24, 2.45) is 0 Å². The van der Waals surface area contributed by atoms with Gasteiger partial charge in [-0.2, -0.15) is 0 Å². The number of rotatable bonds is 4. The van der Waals surface area contributed by atoms with Crippen LogP contribution in [0.3, 0.4) is 0 Å². The van der Waals surface area contributed by atoms with Crippen LogP contribution in [0.2, 0.25) is 0 Å². The molecule has 0 fully saturated rings. The van der Waals surface area contributed by atoms with Crippen LogP contribution in [0.1, 0.15) is 37.7 Å². The van der Waals surface area contributed by atoms with Gasteiger partial charge in [0.1, 0.15) is 5.82 Å². The minimum Gasteiger partial charge on any atom is -0.477 e. The van der Waals surface area contributed by atoms with Crippen molar-refractivity contribution in [3.8, 4) is 0 Å². The molecule has 1 aromatic heterocycles. The monoisotopic (exact) mass is 272 g/mol. The largest absolute Gasteiger partial charge is 0.477 e. The van der Waals surface area contributed by atoms with Gasteiger partial charge in [0, 0.05) is 18.0 Å². The Kier molecular flexibility index (Phi) is 3.66. The zero-order valence-corrected chi connectivity index (χ0v) is 12.3. The van der Waals surface area contributed by atoms with Crippen LogP contribution in [-0.4, -0.2) is 28.6 Å². The Hall–Kier alpha value is -2.10. The Morgan fingerprint density at radius 1 is 1.35 bits per heavy atom. The van der Waals surface area contributed by atoms with E-state index < -0.39 is 5.97 Å². The SMILES string of the molecule is CCC(C)(C)N(C)c1nc(C(=O)O)cc2ccccc12. The predicted octanol–water partition coefficient (Wildman–Crippen LogP) is 3.56. The third-order valence-electron chi connectivity index (χ3n) is 4.03. The van der Waals surface area contributed by atoms with Crippen molar-refractivity contribution < 1.29 is 9.90 Å². The third kappa shape index (κ3) is 2.46. The standard InChI is InChI=1S/C16H20N2O2/c1-5-16(2,3)18(4)14-12-9-7-6-8-11(12)10-13(17-14)15(19)20/h6-10H,5H2,1-4H3,(H,19,20). The van der Waals surface area contributed by atoms with E-state index in [0.29, 0.717) is 5.82 Å². The lowest BCUT2D eigenvalue weighted by Gasteiger charge is -2.36. The third-order valence-corrected chi connectivity index (χ3v) is 4.03. The molecule has 2 rings (SSSR count). The molecule has 2 aromatic rings. The molecule has 0 unspecified atom stereocenters. The average Bonchev–Trinajstić information content (AvgIpc) is 2.45. The first-order valence-electron chi connectivity index (χ1n) is 6.73. The van der Waals surface area contributed by atoms with E-state index in [1.807, 2.05) is 31.3 Å². The molecule has 1 N–H and O–H groups in total. The number of pyridine rings is 1. The van der Waals surface area contributed by atoms with Gasteiger partial charge in [0.25, 0.3) is 0 Å². The quantitative estimate of drug-likeness (QED) is 0.924. The van der Waals surface area contributed by atoms with Gasteiger partial charge < -0.3 is 10.0 Å². The molecule has 1 heterocycles. The second-order valence-electron chi connectivity index (χ2n) is 5.58. The lowest BCUT2D eigenvalue weighted by molar-refractivity contribution is 0.0690. The molecule has 1 aromatic carbocycles. The number of benzene rings is 1. The lowest BCUT2D eigenvalue weighted by Crippen LogP contribution is -2.41. The summed E-state index contributed by atoms with van der Waals surface area (Å²) in [4.78, 5) is 17.7. The number of hydrogen-bond donors (Lipinski definition) is 1. The molecule has 0 spiro atoms. The summed E-state index contributed by atoms with van der Waals surface area (Å²) >= 11 is 0. The summed E-state index contributed by atoms with van der Waals surface area (Å²) in [5.41, 5.74) is -0.00940. The summed E-state index contributed by atoms with van der Waals surface area (Å²) in [5, 5.41) is 11.1. The van der Waals surface area contributed by atoms with Crippen LogP contribution >= 0.6 is 0 Å². The van der Waals surface area contributed by atoms with Crippen molar-refractivity contribution in [1.29, 1.82) is 0 Å². The zero-order chi connectivity index (χ0) is 14.9. The molecule has 0 aliphatic carbocycles. The summed E-state index contributed by atoms with van der Waals surface area (Å²) in [6.45, 7) is 6.35. The summed E-state index contributed by atoms with van der Waals surface area (Å²) < 4.78 is 0. The maximum Gasteiger partial charge on any atom is 0.354 e. The molecule has 0 aliphatic rings. The molecule has 0 atom stereocenters. The second-order valence-corrected chi connectivity index (χ2v) is 5.58. The van der Waals surface area contributed by atoms with E-state index in [1.54, 1.807) is 6.07 Å². The van der Waals surface area contributed by atoms with E-state index in [9.17, 15) is 9.90 Å². The van der Waals surface area contributed by atoms with Crippen LogP contribution in [0.25, 0.3) is 10.8 Å². The van der Waals surface area contributed by atoms with Gasteiger partial charge in [0.05, 0.1) is 0 Å². The van der Waals surface area contributed by atoms with Gasteiger partial charge in [0.2, 0.25) is 0 Å². The summed E-state index contributed by atoms with van der Waals surface area (Å²) in [7, 11) is 1.96. The number of nitrogens with zero attached hydrogens (tertiary/aromatic N) is 2. The van der Waals surface area contributed by atoms with Crippen LogP contribution in [0.15, 0.2) is 30.3 Å². The van der Waals surface area contributed by atoms with Crippen LogP contribution < -0.4 is 4.90 Å². The number of carboxylic acid groups (broad SMARTS) is 1. The molecule has 0 aliphatic heterocycles. The van der Waals surface area contributed by atoms with Crippen molar-refractivity contribution in [1.82, 2.24) is 4.98 Å². The van der Waals surface area contributed by atoms with Crippen molar-refractivity contribution in [2.75, 3.05) is 11.9 Å². The van der Waals surface area contributed by atoms with Gasteiger partial charge in [0.15, 0.2) is 5.69 Å². The van der Waals surface area contributed by atoms with Crippen molar-refractivity contribution >= 4 is 22.6 Å². The Morgan fingerprint density at radius 2 is 2.00 bits per heavy atom. The minimum absolute atomic E-state index is 0.0810. The van der Waals surface area contributed by atoms with Gasteiger partial charge in [-0.25, -0.2) is 9.78 Å².